The molecule has 0 radical (unpaired) electrons. The lowest BCUT2D eigenvalue weighted by molar-refractivity contribution is -0.189. The Bertz CT molecular complexity index is 1180. The number of nitrogens with zero attached hydrogens (tertiary/aromatic N) is 3. The van der Waals surface area contributed by atoms with Gasteiger partial charge < -0.3 is 14.2 Å². The molecule has 0 spiro atoms. The Morgan fingerprint density at radius 1 is 1.17 bits per heavy atom. The second kappa shape index (κ2) is 7.04. The Morgan fingerprint density at radius 2 is 1.97 bits per heavy atom. The second-order valence-electron chi connectivity index (χ2n) is 6.23. The molecule has 7 nitrogen and oxygen atoms in total. The number of ether oxygens (including phenoxy) is 1. The summed E-state index contributed by atoms with van der Waals surface area (Å²) in [4.78, 5) is 22.7. The van der Waals surface area contributed by atoms with Crippen molar-refractivity contribution in [3.8, 4) is 28.6 Å². The lowest BCUT2D eigenvalue weighted by atomic mass is 10.1. The van der Waals surface area contributed by atoms with Crippen LogP contribution in [0.15, 0.2) is 47.2 Å². The zero-order chi connectivity index (χ0) is 20.6. The monoisotopic (exact) mass is 402 g/mol. The molecule has 0 saturated heterocycles. The molecule has 4 rings (SSSR count). The molecule has 0 aliphatic rings. The summed E-state index contributed by atoms with van der Waals surface area (Å²) in [6, 6.07) is 9.44. The van der Waals surface area contributed by atoms with Gasteiger partial charge in [-0.25, -0.2) is 4.98 Å². The first-order valence-corrected chi connectivity index (χ1v) is 8.45. The minimum atomic E-state index is -4.55. The predicted molar refractivity (Wildman–Crippen MR) is 96.4 cm³/mol. The average molecular weight is 402 g/mol. The fourth-order valence-corrected chi connectivity index (χ4v) is 2.67. The van der Waals surface area contributed by atoms with Gasteiger partial charge in [0.05, 0.1) is 22.9 Å². The molecule has 29 heavy (non-hydrogen) atoms. The molecular weight excluding hydrogens is 389 g/mol. The van der Waals surface area contributed by atoms with Crippen molar-refractivity contribution in [2.24, 2.45) is 0 Å². The number of aromatic nitrogens is 4. The zero-order valence-electron chi connectivity index (χ0n) is 14.9. The average Bonchev–Trinajstić information content (AvgIpc) is 3.36. The van der Waals surface area contributed by atoms with E-state index in [0.717, 1.165) is 18.0 Å². The van der Waals surface area contributed by atoms with Gasteiger partial charge in [0.1, 0.15) is 5.75 Å². The number of aromatic amines is 1. The summed E-state index contributed by atoms with van der Waals surface area (Å²) in [5.41, 5.74) is 2.60. The van der Waals surface area contributed by atoms with E-state index in [2.05, 4.69) is 20.1 Å². The maximum absolute atomic E-state index is 12.7. The Kier molecular flexibility index (Phi) is 4.53. The lowest BCUT2D eigenvalue weighted by Crippen LogP contribution is -2.31. The van der Waals surface area contributed by atoms with E-state index < -0.39 is 12.3 Å². The molecule has 0 fully saturated rings. The minimum Gasteiger partial charge on any atom is -0.480 e. The van der Waals surface area contributed by atoms with E-state index >= 15 is 0 Å². The molecule has 0 aliphatic heterocycles. The number of H-pyrrole nitrogens is 1. The van der Waals surface area contributed by atoms with E-state index in [-0.39, 0.29) is 17.2 Å². The first-order valence-electron chi connectivity index (χ1n) is 8.45. The summed E-state index contributed by atoms with van der Waals surface area (Å²) in [5, 5.41) is 3.92. The van der Waals surface area contributed by atoms with E-state index in [4.69, 9.17) is 9.26 Å². The molecule has 10 heteroatoms. The Morgan fingerprint density at radius 3 is 2.72 bits per heavy atom. The van der Waals surface area contributed by atoms with Gasteiger partial charge in [0, 0.05) is 11.1 Å². The van der Waals surface area contributed by atoms with Crippen LogP contribution < -0.4 is 4.74 Å². The second-order valence-corrected chi connectivity index (χ2v) is 6.23. The van der Waals surface area contributed by atoms with Crippen LogP contribution in [-0.2, 0) is 0 Å². The van der Waals surface area contributed by atoms with Gasteiger partial charge in [-0.15, -0.1) is 0 Å². The van der Waals surface area contributed by atoms with Crippen LogP contribution in [0, 0.1) is 0 Å². The quantitative estimate of drug-likeness (QED) is 0.497. The number of carbonyl (C=O) groups is 1. The van der Waals surface area contributed by atoms with Gasteiger partial charge in [0.15, 0.2) is 12.4 Å². The van der Waals surface area contributed by atoms with Crippen LogP contribution in [0.2, 0.25) is 0 Å². The van der Waals surface area contributed by atoms with Crippen molar-refractivity contribution in [1.29, 1.82) is 0 Å². The summed E-state index contributed by atoms with van der Waals surface area (Å²) in [6.45, 7) is 0.864. The SMILES string of the molecule is CC(Oc1ccc(-c2nc(-c3ccc4nc[nH]c4c3)no2)cc1C=O)C(F)(F)F. The number of aldehydes is 1. The maximum Gasteiger partial charge on any atom is 0.425 e. The van der Waals surface area contributed by atoms with Crippen molar-refractivity contribution >= 4 is 17.3 Å². The van der Waals surface area contributed by atoms with E-state index in [9.17, 15) is 18.0 Å². The molecule has 2 aromatic carbocycles. The summed E-state index contributed by atoms with van der Waals surface area (Å²) < 4.78 is 48.2. The third-order valence-corrected chi connectivity index (χ3v) is 4.25. The molecule has 1 unspecified atom stereocenters. The van der Waals surface area contributed by atoms with Crippen LogP contribution in [0.25, 0.3) is 33.9 Å². The van der Waals surface area contributed by atoms with Crippen LogP contribution >= 0.6 is 0 Å². The third-order valence-electron chi connectivity index (χ3n) is 4.25. The molecule has 2 heterocycles. The van der Waals surface area contributed by atoms with Crippen LogP contribution in [0.4, 0.5) is 13.2 Å². The van der Waals surface area contributed by atoms with Gasteiger partial charge in [-0.1, -0.05) is 5.16 Å². The molecule has 2 aromatic heterocycles. The number of hydrogen-bond donors (Lipinski definition) is 1. The highest BCUT2D eigenvalue weighted by atomic mass is 19.4. The number of benzene rings is 2. The first-order chi connectivity index (χ1) is 13.8. The van der Waals surface area contributed by atoms with E-state index in [1.807, 2.05) is 6.07 Å². The van der Waals surface area contributed by atoms with Gasteiger partial charge in [-0.2, -0.15) is 18.2 Å². The van der Waals surface area contributed by atoms with Gasteiger partial charge in [0.2, 0.25) is 5.82 Å². The summed E-state index contributed by atoms with van der Waals surface area (Å²) >= 11 is 0. The largest absolute Gasteiger partial charge is 0.480 e. The number of nitrogens with one attached hydrogen (secondary N) is 1. The lowest BCUT2D eigenvalue weighted by Gasteiger charge is -2.18. The van der Waals surface area contributed by atoms with E-state index in [0.29, 0.717) is 23.2 Å². The zero-order valence-corrected chi connectivity index (χ0v) is 14.9. The first kappa shape index (κ1) is 18.7. The number of halogens is 3. The van der Waals surface area contributed by atoms with Crippen molar-refractivity contribution in [2.75, 3.05) is 0 Å². The summed E-state index contributed by atoms with van der Waals surface area (Å²) in [5.74, 6) is 0.247. The molecule has 0 saturated carbocycles. The van der Waals surface area contributed by atoms with Crippen molar-refractivity contribution in [3.05, 3.63) is 48.3 Å². The highest BCUT2D eigenvalue weighted by Crippen LogP contribution is 2.30. The van der Waals surface area contributed by atoms with E-state index in [1.165, 1.54) is 18.2 Å². The van der Waals surface area contributed by atoms with Gasteiger partial charge >= 0.3 is 6.18 Å². The normalized spacial score (nSPS) is 12.8. The van der Waals surface area contributed by atoms with Crippen molar-refractivity contribution < 1.29 is 27.2 Å². The van der Waals surface area contributed by atoms with Crippen molar-refractivity contribution in [1.82, 2.24) is 20.1 Å². The summed E-state index contributed by atoms with van der Waals surface area (Å²) in [6.07, 6.45) is -4.62. The van der Waals surface area contributed by atoms with Gasteiger partial charge in [0.25, 0.3) is 5.89 Å². The molecule has 0 bridgehead atoms. The molecule has 1 atom stereocenters. The van der Waals surface area contributed by atoms with Crippen molar-refractivity contribution in [3.63, 3.8) is 0 Å². The van der Waals surface area contributed by atoms with Gasteiger partial charge in [-0.05, 0) is 43.3 Å². The Labute approximate surface area is 161 Å². The maximum atomic E-state index is 12.7. The minimum absolute atomic E-state index is 0.0581. The number of alkyl halides is 3. The Hall–Kier alpha value is -3.69. The highest BCUT2D eigenvalue weighted by Gasteiger charge is 2.38. The fraction of sp³-hybridized carbons (Fsp3) is 0.158. The molecule has 0 aliphatic carbocycles. The molecular formula is C19H13F3N4O3. The number of hydrogen-bond acceptors (Lipinski definition) is 6. The van der Waals surface area contributed by atoms with Crippen LogP contribution in [0.1, 0.15) is 17.3 Å². The third kappa shape index (κ3) is 3.68. The smallest absolute Gasteiger partial charge is 0.425 e. The van der Waals surface area contributed by atoms with Crippen molar-refractivity contribution in [2.45, 2.75) is 19.2 Å². The number of rotatable bonds is 5. The van der Waals surface area contributed by atoms with Crippen LogP contribution in [0.3, 0.4) is 0 Å². The van der Waals surface area contributed by atoms with Crippen LogP contribution in [-0.4, -0.2) is 38.7 Å². The van der Waals surface area contributed by atoms with Gasteiger partial charge in [-0.3, -0.25) is 4.79 Å². The van der Waals surface area contributed by atoms with Crippen LogP contribution in [0.5, 0.6) is 5.75 Å². The van der Waals surface area contributed by atoms with E-state index in [1.54, 1.807) is 18.5 Å². The molecule has 4 aromatic rings. The predicted octanol–water partition coefficient (Wildman–Crippen LogP) is 4.42. The standard InChI is InChI=1S/C19H13F3N4O3/c1-10(19(20,21)22)28-16-5-3-12(6-13(16)8-27)18-25-17(26-29-18)11-2-4-14-15(7-11)24-9-23-14/h2-10H,1H3,(H,23,24). The molecule has 148 valence electrons. The number of fused-ring (bicyclic) bond motifs is 1. The summed E-state index contributed by atoms with van der Waals surface area (Å²) in [7, 11) is 0. The highest BCUT2D eigenvalue weighted by molar-refractivity contribution is 5.82. The molecule has 1 N–H and O–H groups in total. The Balaban J connectivity index is 1.62. The fourth-order valence-electron chi connectivity index (χ4n) is 2.67. The topological polar surface area (TPSA) is 93.9 Å². The molecule has 0 amide bonds. The number of imidazole rings is 1. The number of carbonyl (C=O) groups excluding carboxylic acids is 1.